The molecule has 66 valence electrons. The van der Waals surface area contributed by atoms with E-state index >= 15 is 0 Å². The van der Waals surface area contributed by atoms with Crippen LogP contribution in [0, 0.1) is 0 Å². The summed E-state index contributed by atoms with van der Waals surface area (Å²) in [4.78, 5) is 0. The summed E-state index contributed by atoms with van der Waals surface area (Å²) in [5.41, 5.74) is 0. The molecule has 0 atom stereocenters. The maximum absolute atomic E-state index is 5.12. The Kier molecular flexibility index (Phi) is 2.02. The minimum atomic E-state index is 0.657. The molecule has 12 heavy (non-hydrogen) atoms. The van der Waals surface area contributed by atoms with Crippen LogP contribution >= 0.6 is 0 Å². The van der Waals surface area contributed by atoms with Gasteiger partial charge in [-0.3, -0.25) is 0 Å². The van der Waals surface area contributed by atoms with Gasteiger partial charge < -0.3 is 9.84 Å². The first-order valence-electron chi connectivity index (χ1n) is 4.60. The van der Waals surface area contributed by atoms with E-state index in [1.165, 1.54) is 12.8 Å². The molecule has 0 bridgehead atoms. The lowest BCUT2D eigenvalue weighted by molar-refractivity contribution is 0.384. The van der Waals surface area contributed by atoms with Crippen LogP contribution in [0.15, 0.2) is 10.6 Å². The molecular formula is C9H14N2O. The summed E-state index contributed by atoms with van der Waals surface area (Å²) in [6, 6.07) is 2.66. The summed E-state index contributed by atoms with van der Waals surface area (Å²) >= 11 is 0. The molecule has 2 rings (SSSR count). The second kappa shape index (κ2) is 3.17. The highest BCUT2D eigenvalue weighted by molar-refractivity contribution is 5.36. The van der Waals surface area contributed by atoms with E-state index in [9.17, 15) is 0 Å². The summed E-state index contributed by atoms with van der Waals surface area (Å²) in [5, 5.41) is 7.22. The second-order valence-electron chi connectivity index (χ2n) is 3.35. The average molecular weight is 166 g/mol. The largest absolute Gasteiger partial charge is 0.365 e. The van der Waals surface area contributed by atoms with E-state index in [-0.39, 0.29) is 0 Å². The molecule has 1 heterocycles. The number of hydrogen-bond donors (Lipinski definition) is 1. The first-order chi connectivity index (χ1) is 5.88. The maximum Gasteiger partial charge on any atom is 0.169 e. The predicted octanol–water partition coefficient (Wildman–Crippen LogP) is 2.20. The van der Waals surface area contributed by atoms with Crippen LogP contribution in [-0.2, 0) is 6.42 Å². The lowest BCUT2D eigenvalue weighted by atomic mass is 10.3. The maximum atomic E-state index is 5.12. The van der Waals surface area contributed by atoms with Gasteiger partial charge in [0, 0.05) is 18.5 Å². The summed E-state index contributed by atoms with van der Waals surface area (Å²) in [7, 11) is 0. The van der Waals surface area contributed by atoms with E-state index in [1.54, 1.807) is 0 Å². The van der Waals surface area contributed by atoms with Crippen molar-refractivity contribution in [2.75, 3.05) is 5.32 Å². The van der Waals surface area contributed by atoms with Crippen molar-refractivity contribution < 1.29 is 4.52 Å². The minimum absolute atomic E-state index is 0.657. The molecule has 0 saturated heterocycles. The minimum Gasteiger partial charge on any atom is -0.365 e. The number of aromatic nitrogens is 1. The molecule has 0 unspecified atom stereocenters. The van der Waals surface area contributed by atoms with Crippen LogP contribution in [0.25, 0.3) is 0 Å². The average Bonchev–Trinajstić information content (AvgIpc) is 2.74. The highest BCUT2D eigenvalue weighted by Gasteiger charge is 2.21. The van der Waals surface area contributed by atoms with Crippen molar-refractivity contribution >= 4 is 5.82 Å². The highest BCUT2D eigenvalue weighted by atomic mass is 16.5. The van der Waals surface area contributed by atoms with Gasteiger partial charge in [-0.1, -0.05) is 12.1 Å². The number of nitrogens with zero attached hydrogens (tertiary/aromatic N) is 1. The monoisotopic (exact) mass is 166 g/mol. The molecule has 3 heteroatoms. The quantitative estimate of drug-likeness (QED) is 0.745. The van der Waals surface area contributed by atoms with Crippen molar-refractivity contribution in [1.29, 1.82) is 0 Å². The number of aryl methyl sites for hydroxylation is 1. The molecule has 1 aliphatic carbocycles. The summed E-state index contributed by atoms with van der Waals surface area (Å²) in [6.45, 7) is 2.14. The first kappa shape index (κ1) is 7.65. The molecule has 1 N–H and O–H groups in total. The zero-order valence-corrected chi connectivity index (χ0v) is 7.34. The van der Waals surface area contributed by atoms with Crippen molar-refractivity contribution in [1.82, 2.24) is 5.16 Å². The van der Waals surface area contributed by atoms with Crippen molar-refractivity contribution in [3.8, 4) is 0 Å². The van der Waals surface area contributed by atoms with Gasteiger partial charge in [0.15, 0.2) is 5.82 Å². The normalized spacial score (nSPS) is 16.4. The van der Waals surface area contributed by atoms with Gasteiger partial charge in [-0.25, -0.2) is 0 Å². The lowest BCUT2D eigenvalue weighted by Gasteiger charge is -1.93. The van der Waals surface area contributed by atoms with Gasteiger partial charge in [0.2, 0.25) is 0 Å². The number of rotatable bonds is 4. The standard InChI is InChI=1S/C9H14N2O/c1-2-3-8-6-9(11-12-8)10-7-4-5-7/h6-7H,2-5H2,1H3,(H,10,11). The molecule has 0 aromatic carbocycles. The number of anilines is 1. The van der Waals surface area contributed by atoms with Crippen LogP contribution in [0.1, 0.15) is 31.9 Å². The van der Waals surface area contributed by atoms with Crippen molar-refractivity contribution in [3.05, 3.63) is 11.8 Å². The first-order valence-corrected chi connectivity index (χ1v) is 4.60. The fourth-order valence-corrected chi connectivity index (χ4v) is 1.18. The van der Waals surface area contributed by atoms with Gasteiger partial charge in [0.1, 0.15) is 5.76 Å². The summed E-state index contributed by atoms with van der Waals surface area (Å²) in [6.07, 6.45) is 4.64. The molecule has 1 aromatic rings. The Hall–Kier alpha value is -0.990. The van der Waals surface area contributed by atoms with Crippen molar-refractivity contribution in [3.63, 3.8) is 0 Å². The third-order valence-corrected chi connectivity index (χ3v) is 1.98. The Balaban J connectivity index is 1.92. The van der Waals surface area contributed by atoms with Gasteiger partial charge in [-0.15, -0.1) is 0 Å². The van der Waals surface area contributed by atoms with E-state index < -0.39 is 0 Å². The SMILES string of the molecule is CCCc1cc(NC2CC2)no1. The highest BCUT2D eigenvalue weighted by Crippen LogP contribution is 2.24. The third-order valence-electron chi connectivity index (χ3n) is 1.98. The van der Waals surface area contributed by atoms with Gasteiger partial charge in [0.25, 0.3) is 0 Å². The molecule has 3 nitrogen and oxygen atoms in total. The molecule has 1 aliphatic rings. The predicted molar refractivity (Wildman–Crippen MR) is 47.1 cm³/mol. The Morgan fingerprint density at radius 1 is 1.67 bits per heavy atom. The summed E-state index contributed by atoms with van der Waals surface area (Å²) in [5.74, 6) is 1.89. The Morgan fingerprint density at radius 2 is 2.50 bits per heavy atom. The molecule has 0 spiro atoms. The fraction of sp³-hybridized carbons (Fsp3) is 0.667. The van der Waals surface area contributed by atoms with E-state index in [1.807, 2.05) is 6.07 Å². The van der Waals surface area contributed by atoms with Gasteiger partial charge in [-0.2, -0.15) is 0 Å². The molecule has 0 aliphatic heterocycles. The Bertz CT molecular complexity index is 253. The van der Waals surface area contributed by atoms with Crippen molar-refractivity contribution in [2.24, 2.45) is 0 Å². The van der Waals surface area contributed by atoms with Crippen LogP contribution in [-0.4, -0.2) is 11.2 Å². The molecular weight excluding hydrogens is 152 g/mol. The Labute approximate surface area is 72.1 Å². The van der Waals surface area contributed by atoms with E-state index in [2.05, 4.69) is 17.4 Å². The lowest BCUT2D eigenvalue weighted by Crippen LogP contribution is -2.00. The van der Waals surface area contributed by atoms with Gasteiger partial charge in [0.05, 0.1) is 0 Å². The topological polar surface area (TPSA) is 38.1 Å². The van der Waals surface area contributed by atoms with Gasteiger partial charge >= 0.3 is 0 Å². The molecule has 1 saturated carbocycles. The van der Waals surface area contributed by atoms with Gasteiger partial charge in [-0.05, 0) is 19.3 Å². The molecule has 0 radical (unpaired) electrons. The van der Waals surface area contributed by atoms with Crippen LogP contribution in [0.3, 0.4) is 0 Å². The fourth-order valence-electron chi connectivity index (χ4n) is 1.18. The smallest absolute Gasteiger partial charge is 0.169 e. The van der Waals surface area contributed by atoms with Crippen LogP contribution in [0.4, 0.5) is 5.82 Å². The zero-order valence-electron chi connectivity index (χ0n) is 7.34. The van der Waals surface area contributed by atoms with Crippen LogP contribution < -0.4 is 5.32 Å². The third kappa shape index (κ3) is 1.78. The molecule has 1 fully saturated rings. The second-order valence-corrected chi connectivity index (χ2v) is 3.35. The van der Waals surface area contributed by atoms with Crippen LogP contribution in [0.2, 0.25) is 0 Å². The zero-order chi connectivity index (χ0) is 8.39. The van der Waals surface area contributed by atoms with E-state index in [4.69, 9.17) is 4.52 Å². The van der Waals surface area contributed by atoms with E-state index in [0.717, 1.165) is 24.4 Å². The summed E-state index contributed by atoms with van der Waals surface area (Å²) < 4.78 is 5.12. The van der Waals surface area contributed by atoms with Crippen molar-refractivity contribution in [2.45, 2.75) is 38.6 Å². The van der Waals surface area contributed by atoms with Crippen LogP contribution in [0.5, 0.6) is 0 Å². The van der Waals surface area contributed by atoms with E-state index in [0.29, 0.717) is 6.04 Å². The number of nitrogens with one attached hydrogen (secondary N) is 1. The number of hydrogen-bond acceptors (Lipinski definition) is 3. The Morgan fingerprint density at radius 3 is 3.17 bits per heavy atom. The molecule has 0 amide bonds. The molecule has 1 aromatic heterocycles.